The fraction of sp³-hybridized carbons (Fsp3) is 0. The summed E-state index contributed by atoms with van der Waals surface area (Å²) in [4.78, 5) is 0.293. The van der Waals surface area contributed by atoms with Gasteiger partial charge in [0.1, 0.15) is 0 Å². The number of aromatic nitrogens is 2. The highest BCUT2D eigenvalue weighted by Gasteiger charge is 1.95. The van der Waals surface area contributed by atoms with E-state index in [1.54, 1.807) is 0 Å². The van der Waals surface area contributed by atoms with Crippen molar-refractivity contribution in [3.8, 4) is 0 Å². The van der Waals surface area contributed by atoms with Crippen LogP contribution in [0.2, 0.25) is 5.15 Å². The van der Waals surface area contributed by atoms with Gasteiger partial charge in [0.25, 0.3) is 0 Å². The molecule has 1 radical (unpaired) electrons. The summed E-state index contributed by atoms with van der Waals surface area (Å²) in [6.45, 7) is 0. The quantitative estimate of drug-likeness (QED) is 0.370. The fourth-order valence-corrected chi connectivity index (χ4v) is 0.404. The van der Waals surface area contributed by atoms with E-state index >= 15 is 0 Å². The van der Waals surface area contributed by atoms with Gasteiger partial charge in [-0.15, -0.1) is 0 Å². The minimum absolute atomic E-state index is 0.0590. The maximum Gasteiger partial charge on any atom is 0.313 e. The molecule has 1 aromatic rings. The Balaban J connectivity index is 3.13. The lowest BCUT2D eigenvalue weighted by Crippen LogP contribution is -2.31. The molecule has 1 heterocycles. The summed E-state index contributed by atoms with van der Waals surface area (Å²) in [6, 6.07) is 2.89. The van der Waals surface area contributed by atoms with E-state index in [-0.39, 0.29) is 5.15 Å². The van der Waals surface area contributed by atoms with Gasteiger partial charge in [-0.2, -0.15) is 0 Å². The van der Waals surface area contributed by atoms with Crippen LogP contribution in [-0.4, -0.2) is 5.10 Å². The summed E-state index contributed by atoms with van der Waals surface area (Å²) < 4.78 is 0. The molecule has 0 unspecified atom stereocenters. The molecule has 0 fully saturated rings. The van der Waals surface area contributed by atoms with Gasteiger partial charge in [0.2, 0.25) is 0 Å². The molecule has 41 valence electrons. The molecule has 4 heteroatoms. The van der Waals surface area contributed by atoms with Crippen molar-refractivity contribution in [1.82, 2.24) is 5.10 Å². The lowest BCUT2D eigenvalue weighted by atomic mass is 10.6. The third-order valence-corrected chi connectivity index (χ3v) is 0.897. The Morgan fingerprint density at radius 1 is 1.88 bits per heavy atom. The fourth-order valence-electron chi connectivity index (χ4n) is 0.303. The molecular weight excluding hydrogens is 128 g/mol. The molecule has 0 aliphatic rings. The van der Waals surface area contributed by atoms with Crippen molar-refractivity contribution in [1.29, 1.82) is 0 Å². The molecule has 0 aliphatic carbocycles. The summed E-state index contributed by atoms with van der Waals surface area (Å²) in [5, 5.41) is 13.5. The third kappa shape index (κ3) is 0.869. The van der Waals surface area contributed by atoms with Gasteiger partial charge in [0.15, 0.2) is 6.20 Å². The average molecular weight is 130 g/mol. The minimum Gasteiger partial charge on any atom is -0.593 e. The Morgan fingerprint density at radius 2 is 2.62 bits per heavy atom. The Morgan fingerprint density at radius 3 is 3.00 bits per heavy atom. The standard InChI is InChI=1S/C4H2ClN2O/c5-4-2-1-3-6-7(4)8/h1-2H. The lowest BCUT2D eigenvalue weighted by molar-refractivity contribution is -0.667. The molecule has 0 saturated heterocycles. The first-order valence-electron chi connectivity index (χ1n) is 1.93. The highest BCUT2D eigenvalue weighted by atomic mass is 35.5. The van der Waals surface area contributed by atoms with Crippen LogP contribution in [0.4, 0.5) is 0 Å². The van der Waals surface area contributed by atoms with Crippen LogP contribution in [0.3, 0.4) is 0 Å². The first-order chi connectivity index (χ1) is 3.80. The highest BCUT2D eigenvalue weighted by Crippen LogP contribution is 1.93. The number of hydrogen-bond donors (Lipinski definition) is 0. The van der Waals surface area contributed by atoms with Gasteiger partial charge in [-0.05, 0) is 22.5 Å². The molecule has 1 aromatic heterocycles. The van der Waals surface area contributed by atoms with E-state index in [2.05, 4.69) is 11.3 Å². The van der Waals surface area contributed by atoms with Crippen LogP contribution in [-0.2, 0) is 0 Å². The molecule has 0 bridgehead atoms. The zero-order valence-corrected chi connectivity index (χ0v) is 4.59. The molecular formula is C4H2ClN2O. The minimum atomic E-state index is 0.0590. The van der Waals surface area contributed by atoms with Crippen molar-refractivity contribution in [2.24, 2.45) is 0 Å². The molecule has 0 aliphatic heterocycles. The topological polar surface area (TPSA) is 39.8 Å². The molecule has 3 nitrogen and oxygen atoms in total. The largest absolute Gasteiger partial charge is 0.593 e. The van der Waals surface area contributed by atoms with E-state index in [4.69, 9.17) is 11.6 Å². The second-order valence-corrected chi connectivity index (χ2v) is 1.55. The predicted molar refractivity (Wildman–Crippen MR) is 27.0 cm³/mol. The number of hydrogen-bond acceptors (Lipinski definition) is 2. The van der Waals surface area contributed by atoms with Gasteiger partial charge >= 0.3 is 5.15 Å². The molecule has 0 N–H and O–H groups in total. The zero-order chi connectivity index (χ0) is 5.98. The van der Waals surface area contributed by atoms with Crippen LogP contribution in [0.25, 0.3) is 0 Å². The van der Waals surface area contributed by atoms with Gasteiger partial charge in [0.05, 0.1) is 0 Å². The Hall–Kier alpha value is -0.830. The van der Waals surface area contributed by atoms with Crippen molar-refractivity contribution in [2.75, 3.05) is 0 Å². The van der Waals surface area contributed by atoms with Gasteiger partial charge in [-0.3, -0.25) is 0 Å². The Kier molecular flexibility index (Phi) is 1.30. The average Bonchev–Trinajstić information content (AvgIpc) is 1.77. The number of nitrogens with zero attached hydrogens (tertiary/aromatic N) is 2. The van der Waals surface area contributed by atoms with Crippen molar-refractivity contribution < 1.29 is 4.85 Å². The first kappa shape index (κ1) is 5.31. The SMILES string of the molecule is [O-][n+]1n[c]ccc1Cl. The van der Waals surface area contributed by atoms with Crippen LogP contribution in [0.5, 0.6) is 0 Å². The molecule has 8 heavy (non-hydrogen) atoms. The summed E-state index contributed by atoms with van der Waals surface area (Å²) >= 11 is 5.28. The molecule has 0 atom stereocenters. The van der Waals surface area contributed by atoms with Gasteiger partial charge in [-0.25, -0.2) is 0 Å². The maximum absolute atomic E-state index is 10.3. The molecule has 0 amide bonds. The van der Waals surface area contributed by atoms with E-state index < -0.39 is 0 Å². The van der Waals surface area contributed by atoms with Crippen molar-refractivity contribution in [2.45, 2.75) is 0 Å². The van der Waals surface area contributed by atoms with Crippen LogP contribution in [0.1, 0.15) is 0 Å². The van der Waals surface area contributed by atoms with Crippen molar-refractivity contribution in [3.63, 3.8) is 0 Å². The van der Waals surface area contributed by atoms with E-state index in [9.17, 15) is 5.21 Å². The Labute approximate surface area is 51.1 Å². The monoisotopic (exact) mass is 129 g/mol. The highest BCUT2D eigenvalue weighted by molar-refractivity contribution is 6.28. The van der Waals surface area contributed by atoms with E-state index in [1.165, 1.54) is 12.1 Å². The lowest BCUT2D eigenvalue weighted by Gasteiger charge is -1.88. The van der Waals surface area contributed by atoms with Crippen LogP contribution < -0.4 is 4.85 Å². The zero-order valence-electron chi connectivity index (χ0n) is 3.84. The normalized spacial score (nSPS) is 9.12. The molecule has 0 spiro atoms. The maximum atomic E-state index is 10.3. The molecule has 1 rings (SSSR count). The van der Waals surface area contributed by atoms with Crippen LogP contribution in [0.15, 0.2) is 12.1 Å². The van der Waals surface area contributed by atoms with Gasteiger partial charge in [-0.1, -0.05) is 0 Å². The van der Waals surface area contributed by atoms with Crippen molar-refractivity contribution in [3.05, 3.63) is 28.7 Å². The number of rotatable bonds is 0. The summed E-state index contributed by atoms with van der Waals surface area (Å²) in [6.07, 6.45) is 2.32. The Bertz CT molecular complexity index is 170. The third-order valence-electron chi connectivity index (χ3n) is 0.627. The second kappa shape index (κ2) is 1.96. The first-order valence-corrected chi connectivity index (χ1v) is 2.31. The van der Waals surface area contributed by atoms with Crippen LogP contribution in [0, 0.1) is 11.4 Å². The smallest absolute Gasteiger partial charge is 0.313 e. The van der Waals surface area contributed by atoms with E-state index in [0.717, 1.165) is 0 Å². The summed E-state index contributed by atoms with van der Waals surface area (Å²) in [5.74, 6) is 0. The van der Waals surface area contributed by atoms with Gasteiger partial charge < -0.3 is 5.21 Å². The second-order valence-electron chi connectivity index (χ2n) is 1.16. The van der Waals surface area contributed by atoms with Gasteiger partial charge in [0, 0.05) is 11.2 Å². The molecule has 0 aromatic carbocycles. The predicted octanol–water partition coefficient (Wildman–Crippen LogP) is 0.169. The number of halogens is 1. The summed E-state index contributed by atoms with van der Waals surface area (Å²) in [7, 11) is 0. The summed E-state index contributed by atoms with van der Waals surface area (Å²) in [5.41, 5.74) is 0. The van der Waals surface area contributed by atoms with E-state index in [0.29, 0.717) is 4.85 Å². The molecule has 0 saturated carbocycles. The van der Waals surface area contributed by atoms with Crippen molar-refractivity contribution >= 4 is 11.6 Å². The van der Waals surface area contributed by atoms with E-state index in [1.807, 2.05) is 0 Å². The van der Waals surface area contributed by atoms with Crippen LogP contribution >= 0.6 is 11.6 Å².